The van der Waals surface area contributed by atoms with Gasteiger partial charge in [-0.1, -0.05) is 28.1 Å². The van der Waals surface area contributed by atoms with E-state index in [1.54, 1.807) is 42.6 Å². The monoisotopic (exact) mass is 306 g/mol. The molecule has 0 aliphatic carbocycles. The van der Waals surface area contributed by atoms with E-state index in [0.717, 1.165) is 4.47 Å². The second-order valence-electron chi connectivity index (χ2n) is 3.70. The van der Waals surface area contributed by atoms with Crippen LogP contribution in [0.5, 0.6) is 0 Å². The third-order valence-electron chi connectivity index (χ3n) is 2.42. The number of hydrogen-bond donors (Lipinski definition) is 2. The number of H-pyrrole nitrogens is 1. The minimum atomic E-state index is -0.287. The van der Waals surface area contributed by atoms with Gasteiger partial charge >= 0.3 is 0 Å². The van der Waals surface area contributed by atoms with E-state index >= 15 is 0 Å². The minimum absolute atomic E-state index is 0.0144. The summed E-state index contributed by atoms with van der Waals surface area (Å²) in [6.45, 7) is -0.0144. The van der Waals surface area contributed by atoms with Crippen LogP contribution >= 0.6 is 15.9 Å². The Kier molecular flexibility index (Phi) is 3.94. The summed E-state index contributed by atoms with van der Waals surface area (Å²) in [5.41, 5.74) is 1.02. The van der Waals surface area contributed by atoms with Crippen LogP contribution in [0.4, 0.5) is 0 Å². The Labute approximate surface area is 113 Å². The van der Waals surface area contributed by atoms with Crippen molar-refractivity contribution in [2.45, 2.75) is 0 Å². The van der Waals surface area contributed by atoms with Gasteiger partial charge in [0.15, 0.2) is 5.78 Å². The Morgan fingerprint density at radius 3 is 2.50 bits per heavy atom. The first-order valence-electron chi connectivity index (χ1n) is 5.37. The van der Waals surface area contributed by atoms with Gasteiger partial charge in [-0.15, -0.1) is 0 Å². The summed E-state index contributed by atoms with van der Waals surface area (Å²) >= 11 is 3.30. The molecule has 2 aromatic rings. The van der Waals surface area contributed by atoms with Crippen LogP contribution in [-0.4, -0.2) is 23.2 Å². The van der Waals surface area contributed by atoms with Gasteiger partial charge in [0.1, 0.15) is 5.69 Å². The fourth-order valence-corrected chi connectivity index (χ4v) is 1.73. The number of ketones is 1. The molecule has 0 aliphatic heterocycles. The number of hydrogen-bond acceptors (Lipinski definition) is 2. The largest absolute Gasteiger partial charge is 0.357 e. The molecule has 0 saturated carbocycles. The van der Waals surface area contributed by atoms with Crippen LogP contribution in [0.3, 0.4) is 0 Å². The summed E-state index contributed by atoms with van der Waals surface area (Å²) in [5, 5.41) is 2.57. The lowest BCUT2D eigenvalue weighted by atomic mass is 10.1. The lowest BCUT2D eigenvalue weighted by Crippen LogP contribution is -2.29. The van der Waals surface area contributed by atoms with E-state index < -0.39 is 0 Å². The van der Waals surface area contributed by atoms with Crippen LogP contribution in [0, 0.1) is 0 Å². The van der Waals surface area contributed by atoms with Crippen LogP contribution < -0.4 is 5.32 Å². The molecule has 2 N–H and O–H groups in total. The van der Waals surface area contributed by atoms with Crippen molar-refractivity contribution in [3.05, 3.63) is 58.3 Å². The summed E-state index contributed by atoms with van der Waals surface area (Å²) in [4.78, 5) is 26.2. The smallest absolute Gasteiger partial charge is 0.268 e. The molecule has 0 spiro atoms. The Morgan fingerprint density at radius 2 is 1.89 bits per heavy atom. The molecule has 4 nitrogen and oxygen atoms in total. The van der Waals surface area contributed by atoms with Crippen LogP contribution in [-0.2, 0) is 0 Å². The van der Waals surface area contributed by atoms with E-state index in [0.29, 0.717) is 11.3 Å². The lowest BCUT2D eigenvalue weighted by Gasteiger charge is -2.03. The third kappa shape index (κ3) is 3.07. The minimum Gasteiger partial charge on any atom is -0.357 e. The van der Waals surface area contributed by atoms with Gasteiger partial charge in [0.2, 0.25) is 0 Å². The summed E-state index contributed by atoms with van der Waals surface area (Å²) in [6, 6.07) is 10.4. The third-order valence-corrected chi connectivity index (χ3v) is 2.95. The van der Waals surface area contributed by atoms with E-state index in [2.05, 4.69) is 26.2 Å². The van der Waals surface area contributed by atoms with Crippen molar-refractivity contribution in [2.24, 2.45) is 0 Å². The number of benzene rings is 1. The number of carbonyl (C=O) groups is 2. The fraction of sp³-hybridized carbons (Fsp3) is 0.0769. The van der Waals surface area contributed by atoms with Gasteiger partial charge in [0.25, 0.3) is 5.91 Å². The molecule has 0 aliphatic rings. The first-order valence-corrected chi connectivity index (χ1v) is 6.16. The van der Waals surface area contributed by atoms with E-state index in [4.69, 9.17) is 0 Å². The lowest BCUT2D eigenvalue weighted by molar-refractivity contribution is 0.0901. The Bertz CT molecular complexity index is 547. The number of aromatic nitrogens is 1. The zero-order valence-corrected chi connectivity index (χ0v) is 11.0. The maximum absolute atomic E-state index is 11.8. The number of aromatic amines is 1. The number of nitrogens with one attached hydrogen (secondary N) is 2. The molecule has 0 bridgehead atoms. The molecule has 1 heterocycles. The Hall–Kier alpha value is -1.88. The second kappa shape index (κ2) is 5.64. The summed E-state index contributed by atoms with van der Waals surface area (Å²) < 4.78 is 0.912. The zero-order chi connectivity index (χ0) is 13.0. The highest BCUT2D eigenvalue weighted by atomic mass is 79.9. The molecule has 18 heavy (non-hydrogen) atoms. The molecule has 5 heteroatoms. The maximum atomic E-state index is 11.8. The van der Waals surface area contributed by atoms with Gasteiger partial charge in [-0.05, 0) is 24.3 Å². The quantitative estimate of drug-likeness (QED) is 0.852. The standard InChI is InChI=1S/C13H11BrN2O2/c14-10-5-3-9(4-6-10)12(17)8-16-13(18)11-2-1-7-15-11/h1-7,15H,8H2,(H,16,18). The van der Waals surface area contributed by atoms with Crippen LogP contribution in [0.1, 0.15) is 20.8 Å². The van der Waals surface area contributed by atoms with Gasteiger partial charge in [-0.3, -0.25) is 9.59 Å². The number of carbonyl (C=O) groups excluding carboxylic acids is 2. The molecular formula is C13H11BrN2O2. The SMILES string of the molecule is O=C(CNC(=O)c1ccc[nH]1)c1ccc(Br)cc1. The van der Waals surface area contributed by atoms with Crippen LogP contribution in [0.15, 0.2) is 47.1 Å². The number of halogens is 1. The van der Waals surface area contributed by atoms with Crippen LogP contribution in [0.2, 0.25) is 0 Å². The summed E-state index contributed by atoms with van der Waals surface area (Å²) in [6.07, 6.45) is 1.66. The highest BCUT2D eigenvalue weighted by molar-refractivity contribution is 9.10. The molecule has 0 fully saturated rings. The predicted octanol–water partition coefficient (Wildman–Crippen LogP) is 2.39. The van der Waals surface area contributed by atoms with E-state index in [1.807, 2.05) is 0 Å². The van der Waals surface area contributed by atoms with Crippen LogP contribution in [0.25, 0.3) is 0 Å². The Morgan fingerprint density at radius 1 is 1.17 bits per heavy atom. The van der Waals surface area contributed by atoms with E-state index in [-0.39, 0.29) is 18.2 Å². The zero-order valence-electron chi connectivity index (χ0n) is 9.44. The molecular weight excluding hydrogens is 296 g/mol. The second-order valence-corrected chi connectivity index (χ2v) is 4.61. The average Bonchev–Trinajstić information content (AvgIpc) is 2.90. The molecule has 0 unspecified atom stereocenters. The first-order chi connectivity index (χ1) is 8.66. The Balaban J connectivity index is 1.92. The van der Waals surface area contributed by atoms with Gasteiger partial charge < -0.3 is 10.3 Å². The van der Waals surface area contributed by atoms with Crippen molar-refractivity contribution < 1.29 is 9.59 Å². The molecule has 0 radical (unpaired) electrons. The highest BCUT2D eigenvalue weighted by Gasteiger charge is 2.09. The first kappa shape index (κ1) is 12.6. The molecule has 1 amide bonds. The van der Waals surface area contributed by atoms with Crippen molar-refractivity contribution in [3.63, 3.8) is 0 Å². The average molecular weight is 307 g/mol. The molecule has 0 saturated heterocycles. The fourth-order valence-electron chi connectivity index (χ4n) is 1.47. The molecule has 0 atom stereocenters. The van der Waals surface area contributed by atoms with Crippen molar-refractivity contribution >= 4 is 27.6 Å². The van der Waals surface area contributed by atoms with Crippen molar-refractivity contribution in [2.75, 3.05) is 6.54 Å². The summed E-state index contributed by atoms with van der Waals surface area (Å²) in [5.74, 6) is -0.409. The topological polar surface area (TPSA) is 62.0 Å². The summed E-state index contributed by atoms with van der Waals surface area (Å²) in [7, 11) is 0. The number of Topliss-reactive ketones (excluding diaryl/α,β-unsaturated/α-hetero) is 1. The molecule has 2 rings (SSSR count). The highest BCUT2D eigenvalue weighted by Crippen LogP contribution is 2.10. The van der Waals surface area contributed by atoms with Gasteiger partial charge in [0.05, 0.1) is 6.54 Å². The van der Waals surface area contributed by atoms with Crippen molar-refractivity contribution in [3.8, 4) is 0 Å². The molecule has 1 aromatic carbocycles. The van der Waals surface area contributed by atoms with Crippen molar-refractivity contribution in [1.29, 1.82) is 0 Å². The number of rotatable bonds is 4. The van der Waals surface area contributed by atoms with Gasteiger partial charge in [-0.2, -0.15) is 0 Å². The van der Waals surface area contributed by atoms with Gasteiger partial charge in [-0.25, -0.2) is 0 Å². The maximum Gasteiger partial charge on any atom is 0.268 e. The number of amides is 1. The molecule has 92 valence electrons. The predicted molar refractivity (Wildman–Crippen MR) is 71.6 cm³/mol. The van der Waals surface area contributed by atoms with Crippen molar-refractivity contribution in [1.82, 2.24) is 10.3 Å². The normalized spacial score (nSPS) is 10.1. The molecule has 1 aromatic heterocycles. The van der Waals surface area contributed by atoms with E-state index in [1.165, 1.54) is 0 Å². The van der Waals surface area contributed by atoms with E-state index in [9.17, 15) is 9.59 Å². The van der Waals surface area contributed by atoms with Gasteiger partial charge in [0, 0.05) is 16.2 Å².